The van der Waals surface area contributed by atoms with Crippen LogP contribution in [0.5, 0.6) is 0 Å². The van der Waals surface area contributed by atoms with E-state index >= 15 is 0 Å². The second-order valence-electron chi connectivity index (χ2n) is 3.22. The van der Waals surface area contributed by atoms with Crippen LogP contribution in [0.4, 0.5) is 0 Å². The zero-order valence-electron chi connectivity index (χ0n) is 8.16. The SMILES string of the molecule is COCC(N)Cc1ccncc1C. The van der Waals surface area contributed by atoms with Gasteiger partial charge in [0.2, 0.25) is 0 Å². The Kier molecular flexibility index (Phi) is 3.86. The Morgan fingerprint density at radius 3 is 3.00 bits per heavy atom. The topological polar surface area (TPSA) is 48.1 Å². The summed E-state index contributed by atoms with van der Waals surface area (Å²) in [7, 11) is 1.67. The van der Waals surface area contributed by atoms with Gasteiger partial charge >= 0.3 is 0 Å². The van der Waals surface area contributed by atoms with Gasteiger partial charge in [0, 0.05) is 25.5 Å². The summed E-state index contributed by atoms with van der Waals surface area (Å²) in [4.78, 5) is 4.03. The molecule has 1 aromatic rings. The van der Waals surface area contributed by atoms with Crippen molar-refractivity contribution in [2.24, 2.45) is 5.73 Å². The van der Waals surface area contributed by atoms with Crippen LogP contribution in [0.15, 0.2) is 18.5 Å². The molecule has 1 unspecified atom stereocenters. The van der Waals surface area contributed by atoms with E-state index in [2.05, 4.69) is 4.98 Å². The molecule has 1 rings (SSSR count). The van der Waals surface area contributed by atoms with Gasteiger partial charge in [-0.3, -0.25) is 4.98 Å². The van der Waals surface area contributed by atoms with Crippen LogP contribution in [-0.4, -0.2) is 24.7 Å². The molecular formula is C10H16N2O. The number of ether oxygens (including phenoxy) is 1. The molecule has 13 heavy (non-hydrogen) atoms. The van der Waals surface area contributed by atoms with E-state index < -0.39 is 0 Å². The zero-order valence-corrected chi connectivity index (χ0v) is 8.16. The summed E-state index contributed by atoms with van der Waals surface area (Å²) in [5, 5.41) is 0. The normalized spacial score (nSPS) is 12.8. The van der Waals surface area contributed by atoms with Crippen LogP contribution in [0.1, 0.15) is 11.1 Å². The maximum atomic E-state index is 5.84. The van der Waals surface area contributed by atoms with Crippen molar-refractivity contribution in [1.82, 2.24) is 4.98 Å². The number of hydrogen-bond acceptors (Lipinski definition) is 3. The molecule has 1 heterocycles. The van der Waals surface area contributed by atoms with Gasteiger partial charge in [0.25, 0.3) is 0 Å². The van der Waals surface area contributed by atoms with E-state index in [4.69, 9.17) is 10.5 Å². The lowest BCUT2D eigenvalue weighted by Gasteiger charge is -2.11. The van der Waals surface area contributed by atoms with E-state index in [1.54, 1.807) is 13.3 Å². The molecule has 0 aromatic carbocycles. The first-order chi connectivity index (χ1) is 6.24. The Morgan fingerprint density at radius 2 is 2.38 bits per heavy atom. The number of methoxy groups -OCH3 is 1. The van der Waals surface area contributed by atoms with E-state index in [0.717, 1.165) is 6.42 Å². The molecule has 0 saturated heterocycles. The van der Waals surface area contributed by atoms with Gasteiger partial charge in [0.05, 0.1) is 6.61 Å². The molecule has 1 atom stereocenters. The van der Waals surface area contributed by atoms with Crippen LogP contribution >= 0.6 is 0 Å². The van der Waals surface area contributed by atoms with Gasteiger partial charge in [0.1, 0.15) is 0 Å². The standard InChI is InChI=1S/C10H16N2O/c1-8-6-12-4-3-9(8)5-10(11)7-13-2/h3-4,6,10H,5,7,11H2,1-2H3. The van der Waals surface area contributed by atoms with Crippen molar-refractivity contribution >= 4 is 0 Å². The highest BCUT2D eigenvalue weighted by Gasteiger charge is 2.05. The number of hydrogen-bond donors (Lipinski definition) is 1. The molecule has 2 N–H and O–H groups in total. The van der Waals surface area contributed by atoms with E-state index in [1.165, 1.54) is 11.1 Å². The highest BCUT2D eigenvalue weighted by Crippen LogP contribution is 2.07. The van der Waals surface area contributed by atoms with Gasteiger partial charge in [-0.2, -0.15) is 0 Å². The largest absolute Gasteiger partial charge is 0.383 e. The van der Waals surface area contributed by atoms with E-state index in [9.17, 15) is 0 Å². The highest BCUT2D eigenvalue weighted by atomic mass is 16.5. The van der Waals surface area contributed by atoms with Gasteiger partial charge in [-0.05, 0) is 30.5 Å². The highest BCUT2D eigenvalue weighted by molar-refractivity contribution is 5.22. The van der Waals surface area contributed by atoms with Crippen molar-refractivity contribution < 1.29 is 4.74 Å². The fourth-order valence-electron chi connectivity index (χ4n) is 1.29. The van der Waals surface area contributed by atoms with Gasteiger partial charge in [-0.15, -0.1) is 0 Å². The quantitative estimate of drug-likeness (QED) is 0.749. The zero-order chi connectivity index (χ0) is 9.68. The summed E-state index contributed by atoms with van der Waals surface area (Å²) in [5.74, 6) is 0. The molecule has 0 amide bonds. The number of nitrogens with zero attached hydrogens (tertiary/aromatic N) is 1. The lowest BCUT2D eigenvalue weighted by atomic mass is 10.0. The smallest absolute Gasteiger partial charge is 0.0616 e. The molecule has 3 heteroatoms. The third kappa shape index (κ3) is 3.13. The minimum absolute atomic E-state index is 0.0751. The van der Waals surface area contributed by atoms with E-state index in [0.29, 0.717) is 6.61 Å². The minimum Gasteiger partial charge on any atom is -0.383 e. The molecule has 0 aliphatic heterocycles. The predicted molar refractivity (Wildman–Crippen MR) is 52.5 cm³/mol. The predicted octanol–water partition coefficient (Wildman–Crippen LogP) is 0.906. The van der Waals surface area contributed by atoms with Crippen molar-refractivity contribution in [3.63, 3.8) is 0 Å². The number of aryl methyl sites for hydroxylation is 1. The Hall–Kier alpha value is -0.930. The summed E-state index contributed by atoms with van der Waals surface area (Å²) in [6.07, 6.45) is 4.50. The molecule has 0 fully saturated rings. The number of pyridine rings is 1. The molecule has 1 aromatic heterocycles. The number of nitrogens with two attached hydrogens (primary N) is 1. The maximum absolute atomic E-state index is 5.84. The van der Waals surface area contributed by atoms with Crippen molar-refractivity contribution in [2.75, 3.05) is 13.7 Å². The van der Waals surface area contributed by atoms with Crippen LogP contribution in [0.2, 0.25) is 0 Å². The first kappa shape index (κ1) is 10.2. The second kappa shape index (κ2) is 4.94. The number of rotatable bonds is 4. The first-order valence-electron chi connectivity index (χ1n) is 4.38. The van der Waals surface area contributed by atoms with Gasteiger partial charge in [-0.1, -0.05) is 0 Å². The van der Waals surface area contributed by atoms with Crippen LogP contribution in [0.3, 0.4) is 0 Å². The van der Waals surface area contributed by atoms with Crippen LogP contribution in [-0.2, 0) is 11.2 Å². The average molecular weight is 180 g/mol. The maximum Gasteiger partial charge on any atom is 0.0616 e. The van der Waals surface area contributed by atoms with Crippen LogP contribution in [0.25, 0.3) is 0 Å². The van der Waals surface area contributed by atoms with Gasteiger partial charge in [-0.25, -0.2) is 0 Å². The van der Waals surface area contributed by atoms with Crippen LogP contribution in [0, 0.1) is 6.92 Å². The van der Waals surface area contributed by atoms with E-state index in [-0.39, 0.29) is 6.04 Å². The molecule has 72 valence electrons. The summed E-state index contributed by atoms with van der Waals surface area (Å²) < 4.78 is 4.98. The Bertz CT molecular complexity index is 263. The van der Waals surface area contributed by atoms with E-state index in [1.807, 2.05) is 19.2 Å². The molecule has 0 saturated carbocycles. The van der Waals surface area contributed by atoms with Crippen molar-refractivity contribution in [2.45, 2.75) is 19.4 Å². The Morgan fingerprint density at radius 1 is 1.62 bits per heavy atom. The van der Waals surface area contributed by atoms with Crippen molar-refractivity contribution in [1.29, 1.82) is 0 Å². The molecule has 0 radical (unpaired) electrons. The third-order valence-electron chi connectivity index (χ3n) is 2.00. The Balaban J connectivity index is 2.58. The Labute approximate surface area is 78.9 Å². The summed E-state index contributed by atoms with van der Waals surface area (Å²) in [6.45, 7) is 2.64. The van der Waals surface area contributed by atoms with Crippen LogP contribution < -0.4 is 5.73 Å². The fraction of sp³-hybridized carbons (Fsp3) is 0.500. The van der Waals surface area contributed by atoms with Gasteiger partial charge < -0.3 is 10.5 Å². The summed E-state index contributed by atoms with van der Waals surface area (Å²) in [5.41, 5.74) is 8.28. The molecule has 0 aliphatic carbocycles. The minimum atomic E-state index is 0.0751. The monoisotopic (exact) mass is 180 g/mol. The summed E-state index contributed by atoms with van der Waals surface area (Å²) >= 11 is 0. The molecular weight excluding hydrogens is 164 g/mol. The fourth-order valence-corrected chi connectivity index (χ4v) is 1.29. The average Bonchev–Trinajstić information content (AvgIpc) is 2.09. The van der Waals surface area contributed by atoms with Gasteiger partial charge in [0.15, 0.2) is 0 Å². The molecule has 0 bridgehead atoms. The third-order valence-corrected chi connectivity index (χ3v) is 2.00. The molecule has 0 spiro atoms. The van der Waals surface area contributed by atoms with Crippen molar-refractivity contribution in [3.8, 4) is 0 Å². The second-order valence-corrected chi connectivity index (χ2v) is 3.22. The lowest BCUT2D eigenvalue weighted by Crippen LogP contribution is -2.28. The van der Waals surface area contributed by atoms with Crippen molar-refractivity contribution in [3.05, 3.63) is 29.6 Å². The molecule has 3 nitrogen and oxygen atoms in total. The molecule has 0 aliphatic rings. The summed E-state index contributed by atoms with van der Waals surface area (Å²) in [6, 6.07) is 2.08. The number of aromatic nitrogens is 1. The first-order valence-corrected chi connectivity index (χ1v) is 4.38. The lowest BCUT2D eigenvalue weighted by molar-refractivity contribution is 0.180.